The van der Waals surface area contributed by atoms with Crippen molar-refractivity contribution in [3.05, 3.63) is 29.3 Å². The van der Waals surface area contributed by atoms with Crippen LogP contribution in [0.5, 0.6) is 0 Å². The van der Waals surface area contributed by atoms with E-state index in [9.17, 15) is 4.79 Å². The lowest BCUT2D eigenvalue weighted by atomic mass is 10.1. The topological polar surface area (TPSA) is 63.3 Å². The van der Waals surface area contributed by atoms with Crippen molar-refractivity contribution in [1.29, 1.82) is 0 Å². The molecule has 0 aromatic heterocycles. The lowest BCUT2D eigenvalue weighted by Crippen LogP contribution is -2.02. The van der Waals surface area contributed by atoms with E-state index in [1.54, 1.807) is 12.1 Å². The number of rotatable bonds is 2. The van der Waals surface area contributed by atoms with Gasteiger partial charge in [0.05, 0.1) is 5.56 Å². The first-order valence-electron chi connectivity index (χ1n) is 4.37. The number of nitrogens with two attached hydrogens (primary N) is 1. The van der Waals surface area contributed by atoms with Crippen molar-refractivity contribution in [2.75, 3.05) is 11.5 Å². The molecule has 0 amide bonds. The highest BCUT2D eigenvalue weighted by Crippen LogP contribution is 2.13. The van der Waals surface area contributed by atoms with Gasteiger partial charge >= 0.3 is 5.97 Å². The molecule has 0 fully saturated rings. The van der Waals surface area contributed by atoms with Gasteiger partial charge in [0.15, 0.2) is 0 Å². The lowest BCUT2D eigenvalue weighted by molar-refractivity contribution is 0.0698. The van der Waals surface area contributed by atoms with E-state index in [1.807, 2.05) is 0 Å². The van der Waals surface area contributed by atoms with Crippen LogP contribution in [0.1, 0.15) is 22.3 Å². The van der Waals surface area contributed by atoms with Gasteiger partial charge < -0.3 is 10.8 Å². The Labute approximate surface area is 93.7 Å². The molecule has 0 radical (unpaired) electrons. The maximum atomic E-state index is 10.8. The van der Waals surface area contributed by atoms with Crippen LogP contribution in [0.4, 0.5) is 5.69 Å². The van der Waals surface area contributed by atoms with Gasteiger partial charge in [0.25, 0.3) is 0 Å². The van der Waals surface area contributed by atoms with Crippen LogP contribution in [-0.4, -0.2) is 16.8 Å². The second-order valence-electron chi connectivity index (χ2n) is 2.88. The van der Waals surface area contributed by atoms with Crippen molar-refractivity contribution in [1.82, 2.24) is 0 Å². The summed E-state index contributed by atoms with van der Waals surface area (Å²) in [6.07, 6.45) is 0.676. The highest BCUT2D eigenvalue weighted by atomic mass is 32.1. The van der Waals surface area contributed by atoms with Gasteiger partial charge in [-0.1, -0.05) is 11.8 Å². The van der Waals surface area contributed by atoms with Crippen LogP contribution in [0.15, 0.2) is 18.2 Å². The number of nitrogen functional groups attached to an aromatic ring is 1. The highest BCUT2D eigenvalue weighted by molar-refractivity contribution is 7.80. The number of aromatic carboxylic acids is 1. The Hall–Kier alpha value is -1.60. The van der Waals surface area contributed by atoms with E-state index in [0.717, 1.165) is 0 Å². The molecular weight excluding hydrogens is 210 g/mol. The average molecular weight is 221 g/mol. The van der Waals surface area contributed by atoms with Crippen molar-refractivity contribution in [2.24, 2.45) is 0 Å². The molecule has 0 aliphatic rings. The van der Waals surface area contributed by atoms with Crippen LogP contribution >= 0.6 is 12.6 Å². The van der Waals surface area contributed by atoms with E-state index in [1.165, 1.54) is 6.07 Å². The van der Waals surface area contributed by atoms with Gasteiger partial charge in [0.1, 0.15) is 0 Å². The summed E-state index contributed by atoms with van der Waals surface area (Å²) in [5.74, 6) is 5.38. The molecule has 1 rings (SSSR count). The molecule has 0 saturated heterocycles. The fourth-order valence-electron chi connectivity index (χ4n) is 1.04. The molecule has 0 bridgehead atoms. The molecule has 3 N–H and O–H groups in total. The van der Waals surface area contributed by atoms with Gasteiger partial charge in [-0.3, -0.25) is 0 Å². The molecule has 78 valence electrons. The zero-order chi connectivity index (χ0) is 11.3. The van der Waals surface area contributed by atoms with Crippen LogP contribution in [0.3, 0.4) is 0 Å². The number of thiol groups is 1. The number of carboxylic acids is 1. The number of anilines is 1. The van der Waals surface area contributed by atoms with Crippen LogP contribution < -0.4 is 5.73 Å². The van der Waals surface area contributed by atoms with E-state index >= 15 is 0 Å². The van der Waals surface area contributed by atoms with E-state index in [0.29, 0.717) is 17.7 Å². The van der Waals surface area contributed by atoms with Crippen LogP contribution in [0, 0.1) is 11.8 Å². The molecule has 0 unspecified atom stereocenters. The number of benzene rings is 1. The second-order valence-corrected chi connectivity index (χ2v) is 3.33. The number of hydrogen-bond donors (Lipinski definition) is 3. The molecule has 0 saturated carbocycles. The smallest absolute Gasteiger partial charge is 0.337 e. The van der Waals surface area contributed by atoms with Gasteiger partial charge in [0, 0.05) is 23.4 Å². The maximum Gasteiger partial charge on any atom is 0.337 e. The molecule has 0 aliphatic heterocycles. The molecule has 0 heterocycles. The second kappa shape index (κ2) is 5.32. The molecule has 1 aromatic carbocycles. The largest absolute Gasteiger partial charge is 0.478 e. The Morgan fingerprint density at radius 1 is 1.53 bits per heavy atom. The predicted octanol–water partition coefficient (Wildman–Crippen LogP) is 1.64. The van der Waals surface area contributed by atoms with Gasteiger partial charge in [0.2, 0.25) is 0 Å². The van der Waals surface area contributed by atoms with Crippen LogP contribution in [-0.2, 0) is 0 Å². The predicted molar refractivity (Wildman–Crippen MR) is 63.2 cm³/mol. The average Bonchev–Trinajstić information content (AvgIpc) is 2.20. The summed E-state index contributed by atoms with van der Waals surface area (Å²) >= 11 is 4.02. The summed E-state index contributed by atoms with van der Waals surface area (Å²) in [7, 11) is 0. The quantitative estimate of drug-likeness (QED) is 0.404. The first-order valence-corrected chi connectivity index (χ1v) is 5.01. The van der Waals surface area contributed by atoms with Gasteiger partial charge in [-0.25, -0.2) is 4.79 Å². The third-order valence-corrected chi connectivity index (χ3v) is 1.98. The van der Waals surface area contributed by atoms with Gasteiger partial charge in [-0.05, 0) is 18.2 Å². The van der Waals surface area contributed by atoms with Gasteiger partial charge in [-0.15, -0.1) is 0 Å². The summed E-state index contributed by atoms with van der Waals surface area (Å²) in [5.41, 5.74) is 6.50. The molecule has 0 aliphatic carbocycles. The molecule has 4 heteroatoms. The minimum atomic E-state index is -1.04. The standard InChI is InChI=1S/C11H11NO2S/c12-10-5-4-8(3-1-2-6-15)7-9(10)11(13)14/h4-5,7,15H,2,6,12H2,(H,13,14). The zero-order valence-electron chi connectivity index (χ0n) is 8.03. The maximum absolute atomic E-state index is 10.8. The minimum absolute atomic E-state index is 0.0904. The Morgan fingerprint density at radius 3 is 2.87 bits per heavy atom. The Balaban J connectivity index is 2.99. The van der Waals surface area contributed by atoms with Gasteiger partial charge in [-0.2, -0.15) is 12.6 Å². The van der Waals surface area contributed by atoms with E-state index in [4.69, 9.17) is 10.8 Å². The van der Waals surface area contributed by atoms with E-state index in [-0.39, 0.29) is 11.3 Å². The summed E-state index contributed by atoms with van der Waals surface area (Å²) in [6.45, 7) is 0. The van der Waals surface area contributed by atoms with E-state index in [2.05, 4.69) is 24.5 Å². The summed E-state index contributed by atoms with van der Waals surface area (Å²) in [5, 5.41) is 8.82. The Bertz CT molecular complexity index is 432. The summed E-state index contributed by atoms with van der Waals surface area (Å²) in [4.78, 5) is 10.8. The molecule has 0 atom stereocenters. The zero-order valence-corrected chi connectivity index (χ0v) is 8.92. The Morgan fingerprint density at radius 2 is 2.27 bits per heavy atom. The fourth-order valence-corrected chi connectivity index (χ4v) is 1.15. The highest BCUT2D eigenvalue weighted by Gasteiger charge is 2.07. The molecule has 15 heavy (non-hydrogen) atoms. The number of hydrogen-bond acceptors (Lipinski definition) is 3. The Kier molecular flexibility index (Phi) is 4.07. The SMILES string of the molecule is Nc1ccc(C#CCCS)cc1C(=O)O. The third kappa shape index (κ3) is 3.22. The number of carboxylic acid groups (broad SMARTS) is 1. The minimum Gasteiger partial charge on any atom is -0.478 e. The molecule has 1 aromatic rings. The van der Waals surface area contributed by atoms with Crippen molar-refractivity contribution >= 4 is 24.3 Å². The molecule has 3 nitrogen and oxygen atoms in total. The number of carbonyl (C=O) groups is 1. The summed E-state index contributed by atoms with van der Waals surface area (Å²) in [6, 6.07) is 4.73. The first-order chi connectivity index (χ1) is 7.15. The first kappa shape index (κ1) is 11.5. The summed E-state index contributed by atoms with van der Waals surface area (Å²) < 4.78 is 0. The van der Waals surface area contributed by atoms with Crippen LogP contribution in [0.2, 0.25) is 0 Å². The fraction of sp³-hybridized carbons (Fsp3) is 0.182. The normalized spacial score (nSPS) is 9.13. The van der Waals surface area contributed by atoms with Crippen LogP contribution in [0.25, 0.3) is 0 Å². The van der Waals surface area contributed by atoms with Crippen molar-refractivity contribution in [2.45, 2.75) is 6.42 Å². The molecular formula is C11H11NO2S. The van der Waals surface area contributed by atoms with Crippen molar-refractivity contribution < 1.29 is 9.90 Å². The van der Waals surface area contributed by atoms with Crippen molar-refractivity contribution in [3.8, 4) is 11.8 Å². The third-order valence-electron chi connectivity index (χ3n) is 1.75. The molecule has 0 spiro atoms. The van der Waals surface area contributed by atoms with E-state index < -0.39 is 5.97 Å². The lowest BCUT2D eigenvalue weighted by Gasteiger charge is -2.00. The monoisotopic (exact) mass is 221 g/mol. The van der Waals surface area contributed by atoms with Crippen molar-refractivity contribution in [3.63, 3.8) is 0 Å².